The first kappa shape index (κ1) is 17.1. The van der Waals surface area contributed by atoms with Gasteiger partial charge >= 0.3 is 0 Å². The molecule has 1 aliphatic heterocycles. The summed E-state index contributed by atoms with van der Waals surface area (Å²) in [5, 5.41) is 10.6. The van der Waals surface area contributed by atoms with Gasteiger partial charge in [0.2, 0.25) is 0 Å². The van der Waals surface area contributed by atoms with Crippen LogP contribution in [-0.4, -0.2) is 16.3 Å². The van der Waals surface area contributed by atoms with Gasteiger partial charge in [0.05, 0.1) is 10.6 Å². The van der Waals surface area contributed by atoms with Crippen molar-refractivity contribution in [2.24, 2.45) is 0 Å². The molecule has 0 aliphatic carbocycles. The number of ether oxygens (including phenoxy) is 1. The molecule has 5 heteroatoms. The summed E-state index contributed by atoms with van der Waals surface area (Å²) in [6, 6.07) is 20.6. The molecule has 0 bridgehead atoms. The van der Waals surface area contributed by atoms with E-state index in [0.29, 0.717) is 6.61 Å². The van der Waals surface area contributed by atoms with E-state index in [1.54, 1.807) is 11.3 Å². The molecular weight excluding hydrogens is 366 g/mol. The summed E-state index contributed by atoms with van der Waals surface area (Å²) in [5.74, 6) is 1.97. The summed E-state index contributed by atoms with van der Waals surface area (Å²) in [7, 11) is 0. The van der Waals surface area contributed by atoms with E-state index in [1.165, 1.54) is 16.0 Å². The number of hydrogen-bond donors (Lipinski definition) is 1. The fourth-order valence-electron chi connectivity index (χ4n) is 3.54. The van der Waals surface area contributed by atoms with Crippen LogP contribution in [0.4, 0.5) is 5.82 Å². The predicted molar refractivity (Wildman–Crippen MR) is 115 cm³/mol. The Hall–Kier alpha value is -3.05. The van der Waals surface area contributed by atoms with Gasteiger partial charge in [-0.1, -0.05) is 30.3 Å². The standard InChI is InChI=1S/C23H21N3OS/c1-16-13-21(28-15-16)22-20-11-12-24-23(20)26(25-22)18-7-9-19(10-8-18)27-14-17-5-3-2-4-6-17/h2-10,13,15,24H,11-12,14H2,1H3. The molecule has 2 aromatic heterocycles. The Balaban J connectivity index is 1.41. The smallest absolute Gasteiger partial charge is 0.133 e. The highest BCUT2D eigenvalue weighted by molar-refractivity contribution is 7.13. The molecule has 140 valence electrons. The number of fused-ring (bicyclic) bond motifs is 1. The van der Waals surface area contributed by atoms with Crippen molar-refractivity contribution >= 4 is 17.2 Å². The van der Waals surface area contributed by atoms with E-state index in [1.807, 2.05) is 35.0 Å². The second kappa shape index (κ2) is 7.17. The summed E-state index contributed by atoms with van der Waals surface area (Å²) in [6.45, 7) is 3.66. The van der Waals surface area contributed by atoms with Crippen molar-refractivity contribution in [2.75, 3.05) is 11.9 Å². The third kappa shape index (κ3) is 3.18. The Morgan fingerprint density at radius 2 is 1.93 bits per heavy atom. The Morgan fingerprint density at radius 3 is 2.68 bits per heavy atom. The van der Waals surface area contributed by atoms with E-state index < -0.39 is 0 Å². The van der Waals surface area contributed by atoms with Crippen LogP contribution >= 0.6 is 11.3 Å². The SMILES string of the molecule is Cc1csc(-c2nn(-c3ccc(OCc4ccccc4)cc3)c3c2CCN3)c1. The second-order valence-corrected chi connectivity index (χ2v) is 7.93. The maximum absolute atomic E-state index is 5.91. The lowest BCUT2D eigenvalue weighted by molar-refractivity contribution is 0.306. The Bertz CT molecular complexity index is 1100. The number of benzene rings is 2. The van der Waals surface area contributed by atoms with Crippen LogP contribution in [0.15, 0.2) is 66.0 Å². The van der Waals surface area contributed by atoms with E-state index in [2.05, 4.69) is 48.0 Å². The summed E-state index contributed by atoms with van der Waals surface area (Å²) >= 11 is 1.76. The van der Waals surface area contributed by atoms with Gasteiger partial charge in [-0.2, -0.15) is 5.10 Å². The van der Waals surface area contributed by atoms with E-state index in [-0.39, 0.29) is 0 Å². The molecule has 4 nitrogen and oxygen atoms in total. The van der Waals surface area contributed by atoms with Gasteiger partial charge in [-0.15, -0.1) is 11.3 Å². The zero-order valence-corrected chi connectivity index (χ0v) is 16.5. The number of thiophene rings is 1. The minimum atomic E-state index is 0.570. The van der Waals surface area contributed by atoms with Crippen molar-refractivity contribution in [3.63, 3.8) is 0 Å². The molecule has 1 aliphatic rings. The first-order valence-electron chi connectivity index (χ1n) is 9.46. The topological polar surface area (TPSA) is 39.1 Å². The van der Waals surface area contributed by atoms with Crippen molar-refractivity contribution < 1.29 is 4.74 Å². The fourth-order valence-corrected chi connectivity index (χ4v) is 4.45. The summed E-state index contributed by atoms with van der Waals surface area (Å²) in [5.41, 5.74) is 5.90. The average molecular weight is 388 g/mol. The van der Waals surface area contributed by atoms with Gasteiger partial charge in [-0.05, 0) is 60.2 Å². The highest BCUT2D eigenvalue weighted by Gasteiger charge is 2.24. The monoisotopic (exact) mass is 387 g/mol. The van der Waals surface area contributed by atoms with E-state index in [0.717, 1.165) is 41.5 Å². The lowest BCUT2D eigenvalue weighted by Crippen LogP contribution is -2.04. The molecule has 0 fully saturated rings. The molecule has 3 heterocycles. The molecule has 0 saturated heterocycles. The van der Waals surface area contributed by atoms with Crippen molar-refractivity contribution in [3.8, 4) is 22.0 Å². The molecule has 4 aromatic rings. The highest BCUT2D eigenvalue weighted by Crippen LogP contribution is 2.37. The fraction of sp³-hybridized carbons (Fsp3) is 0.174. The number of anilines is 1. The Morgan fingerprint density at radius 1 is 1.11 bits per heavy atom. The van der Waals surface area contributed by atoms with Crippen molar-refractivity contribution in [1.29, 1.82) is 0 Å². The first-order chi connectivity index (χ1) is 13.8. The van der Waals surface area contributed by atoms with Gasteiger partial charge < -0.3 is 10.1 Å². The number of nitrogens with zero attached hydrogens (tertiary/aromatic N) is 2. The number of hydrogen-bond acceptors (Lipinski definition) is 4. The molecule has 0 unspecified atom stereocenters. The van der Waals surface area contributed by atoms with Crippen molar-refractivity contribution in [3.05, 3.63) is 82.7 Å². The van der Waals surface area contributed by atoms with E-state index >= 15 is 0 Å². The zero-order valence-electron chi connectivity index (χ0n) is 15.7. The molecule has 0 spiro atoms. The summed E-state index contributed by atoms with van der Waals surface area (Å²) in [4.78, 5) is 1.24. The van der Waals surface area contributed by atoms with Gasteiger partial charge in [-0.3, -0.25) is 0 Å². The van der Waals surface area contributed by atoms with Crippen LogP contribution < -0.4 is 10.1 Å². The Labute approximate surface area is 168 Å². The van der Waals surface area contributed by atoms with Gasteiger partial charge in [-0.25, -0.2) is 4.68 Å². The molecule has 5 rings (SSSR count). The maximum Gasteiger partial charge on any atom is 0.133 e. The number of nitrogens with one attached hydrogen (secondary N) is 1. The van der Waals surface area contributed by atoms with Crippen LogP contribution in [0.3, 0.4) is 0 Å². The summed E-state index contributed by atoms with van der Waals surface area (Å²) < 4.78 is 7.93. The van der Waals surface area contributed by atoms with Gasteiger partial charge in [0.25, 0.3) is 0 Å². The molecule has 28 heavy (non-hydrogen) atoms. The first-order valence-corrected chi connectivity index (χ1v) is 10.3. The lowest BCUT2D eigenvalue weighted by Gasteiger charge is -2.09. The highest BCUT2D eigenvalue weighted by atomic mass is 32.1. The zero-order chi connectivity index (χ0) is 18.9. The van der Waals surface area contributed by atoms with Crippen LogP contribution in [0.25, 0.3) is 16.3 Å². The molecule has 1 N–H and O–H groups in total. The van der Waals surface area contributed by atoms with E-state index in [9.17, 15) is 0 Å². The molecule has 2 aromatic carbocycles. The molecule has 0 saturated carbocycles. The number of aromatic nitrogens is 2. The third-order valence-electron chi connectivity index (χ3n) is 4.94. The molecule has 0 radical (unpaired) electrons. The van der Waals surface area contributed by atoms with Crippen LogP contribution in [0, 0.1) is 6.92 Å². The van der Waals surface area contributed by atoms with Gasteiger partial charge in [0.15, 0.2) is 0 Å². The maximum atomic E-state index is 5.91. The Kier molecular flexibility index (Phi) is 4.37. The van der Waals surface area contributed by atoms with Crippen molar-refractivity contribution in [1.82, 2.24) is 9.78 Å². The lowest BCUT2D eigenvalue weighted by atomic mass is 10.1. The normalized spacial score (nSPS) is 12.6. The molecule has 0 atom stereocenters. The minimum absolute atomic E-state index is 0.570. The molecular formula is C23H21N3OS. The van der Waals surface area contributed by atoms with E-state index in [4.69, 9.17) is 9.84 Å². The minimum Gasteiger partial charge on any atom is -0.489 e. The second-order valence-electron chi connectivity index (χ2n) is 7.02. The van der Waals surface area contributed by atoms with Crippen LogP contribution in [0.1, 0.15) is 16.7 Å². The van der Waals surface area contributed by atoms with Crippen LogP contribution in [0.2, 0.25) is 0 Å². The largest absolute Gasteiger partial charge is 0.489 e. The number of aryl methyl sites for hydroxylation is 1. The quantitative estimate of drug-likeness (QED) is 0.494. The molecule has 0 amide bonds. The predicted octanol–water partition coefficient (Wildman–Crippen LogP) is 5.46. The van der Waals surface area contributed by atoms with Gasteiger partial charge in [0, 0.05) is 12.1 Å². The van der Waals surface area contributed by atoms with Crippen LogP contribution in [0.5, 0.6) is 5.75 Å². The summed E-state index contributed by atoms with van der Waals surface area (Å²) in [6.07, 6.45) is 1.01. The average Bonchev–Trinajstić information content (AvgIpc) is 3.44. The number of rotatable bonds is 5. The van der Waals surface area contributed by atoms with Crippen molar-refractivity contribution in [2.45, 2.75) is 20.0 Å². The van der Waals surface area contributed by atoms with Crippen LogP contribution in [-0.2, 0) is 13.0 Å². The van der Waals surface area contributed by atoms with Gasteiger partial charge in [0.1, 0.15) is 23.9 Å². The third-order valence-corrected chi connectivity index (χ3v) is 6.00.